The zero-order valence-electron chi connectivity index (χ0n) is 13.4. The lowest BCUT2D eigenvalue weighted by molar-refractivity contribution is -0.124. The lowest BCUT2D eigenvalue weighted by Crippen LogP contribution is -2.45. The number of carbonyl (C=O) groups is 2. The molecule has 0 bridgehead atoms. The number of nitrogens with zero attached hydrogens (tertiary/aromatic N) is 1. The number of hydrogen-bond donors (Lipinski definition) is 1. The number of carbonyl (C=O) groups excluding carboxylic acids is 2. The average molecular weight is 304 g/mol. The van der Waals surface area contributed by atoms with E-state index in [0.29, 0.717) is 19.4 Å². The summed E-state index contributed by atoms with van der Waals surface area (Å²) in [6.07, 6.45) is 0.778. The van der Waals surface area contributed by atoms with Gasteiger partial charge in [-0.1, -0.05) is 30.3 Å². The van der Waals surface area contributed by atoms with Gasteiger partial charge in [0.05, 0.1) is 6.04 Å². The van der Waals surface area contributed by atoms with E-state index < -0.39 is 5.60 Å². The third-order valence-electron chi connectivity index (χ3n) is 3.82. The predicted octanol–water partition coefficient (Wildman–Crippen LogP) is 2.86. The molecular weight excluding hydrogens is 280 g/mol. The number of rotatable bonds is 2. The molecule has 0 radical (unpaired) electrons. The van der Waals surface area contributed by atoms with E-state index in [2.05, 4.69) is 0 Å². The summed E-state index contributed by atoms with van der Waals surface area (Å²) in [5, 5.41) is 0. The summed E-state index contributed by atoms with van der Waals surface area (Å²) >= 11 is 0. The van der Waals surface area contributed by atoms with E-state index in [9.17, 15) is 9.59 Å². The van der Waals surface area contributed by atoms with Crippen LogP contribution in [0.1, 0.15) is 45.2 Å². The summed E-state index contributed by atoms with van der Waals surface area (Å²) in [4.78, 5) is 25.7. The van der Waals surface area contributed by atoms with Crippen LogP contribution in [0.5, 0.6) is 0 Å². The highest BCUT2D eigenvalue weighted by Crippen LogP contribution is 2.35. The topological polar surface area (TPSA) is 72.6 Å². The van der Waals surface area contributed by atoms with E-state index in [1.54, 1.807) is 4.90 Å². The molecule has 0 saturated carbocycles. The van der Waals surface area contributed by atoms with E-state index in [4.69, 9.17) is 10.5 Å². The second-order valence-electron chi connectivity index (χ2n) is 6.72. The molecule has 1 heterocycles. The van der Waals surface area contributed by atoms with Gasteiger partial charge < -0.3 is 15.4 Å². The van der Waals surface area contributed by atoms with Crippen molar-refractivity contribution in [2.24, 2.45) is 11.7 Å². The molecule has 0 spiro atoms. The van der Waals surface area contributed by atoms with Crippen molar-refractivity contribution in [3.63, 3.8) is 0 Å². The first-order valence-electron chi connectivity index (χ1n) is 7.62. The Morgan fingerprint density at radius 2 is 1.86 bits per heavy atom. The van der Waals surface area contributed by atoms with Gasteiger partial charge in [0, 0.05) is 12.5 Å². The molecule has 22 heavy (non-hydrogen) atoms. The highest BCUT2D eigenvalue weighted by molar-refractivity contribution is 5.77. The minimum atomic E-state index is -0.543. The zero-order valence-corrected chi connectivity index (χ0v) is 13.4. The second kappa shape index (κ2) is 6.38. The van der Waals surface area contributed by atoms with Gasteiger partial charge in [-0.25, -0.2) is 4.79 Å². The largest absolute Gasteiger partial charge is 0.444 e. The molecule has 1 aromatic rings. The summed E-state index contributed by atoms with van der Waals surface area (Å²) in [6.45, 7) is 6.01. The highest BCUT2D eigenvalue weighted by Gasteiger charge is 2.36. The molecule has 2 N–H and O–H groups in total. The maximum atomic E-state index is 12.5. The van der Waals surface area contributed by atoms with Crippen LogP contribution in [0.2, 0.25) is 0 Å². The standard InChI is InChI=1S/C17H24N2O3/c1-17(2,3)22-16(21)19-10-9-13(15(18)20)11-14(19)12-7-5-4-6-8-12/h4-8,13-14H,9-11H2,1-3H3,(H2,18,20). The summed E-state index contributed by atoms with van der Waals surface area (Å²) in [7, 11) is 0. The first kappa shape index (κ1) is 16.3. The maximum Gasteiger partial charge on any atom is 0.410 e. The molecular formula is C17H24N2O3. The van der Waals surface area contributed by atoms with Crippen LogP contribution in [0.3, 0.4) is 0 Å². The van der Waals surface area contributed by atoms with Crippen molar-refractivity contribution in [1.82, 2.24) is 4.90 Å². The predicted molar refractivity (Wildman–Crippen MR) is 84.0 cm³/mol. The summed E-state index contributed by atoms with van der Waals surface area (Å²) in [5.74, 6) is -0.506. The van der Waals surface area contributed by atoms with Crippen LogP contribution >= 0.6 is 0 Å². The number of piperidine rings is 1. The monoisotopic (exact) mass is 304 g/mol. The molecule has 2 rings (SSSR count). The number of ether oxygens (including phenoxy) is 1. The first-order chi connectivity index (χ1) is 10.3. The Hall–Kier alpha value is -2.04. The zero-order chi connectivity index (χ0) is 16.3. The third kappa shape index (κ3) is 4.00. The summed E-state index contributed by atoms with van der Waals surface area (Å²) in [5.41, 5.74) is 5.91. The van der Waals surface area contributed by atoms with Crippen molar-refractivity contribution in [3.05, 3.63) is 35.9 Å². The summed E-state index contributed by atoms with van der Waals surface area (Å²) in [6, 6.07) is 9.53. The quantitative estimate of drug-likeness (QED) is 0.913. The molecule has 2 unspecified atom stereocenters. The third-order valence-corrected chi connectivity index (χ3v) is 3.82. The van der Waals surface area contributed by atoms with Gasteiger partial charge in [-0.3, -0.25) is 4.79 Å². The minimum Gasteiger partial charge on any atom is -0.444 e. The molecule has 1 aliphatic rings. The Kier molecular flexibility index (Phi) is 4.74. The number of hydrogen-bond acceptors (Lipinski definition) is 3. The Balaban J connectivity index is 2.23. The van der Waals surface area contributed by atoms with Crippen LogP contribution in [0.15, 0.2) is 30.3 Å². The van der Waals surface area contributed by atoms with Crippen molar-refractivity contribution < 1.29 is 14.3 Å². The van der Waals surface area contributed by atoms with Crippen LogP contribution in [-0.2, 0) is 9.53 Å². The smallest absolute Gasteiger partial charge is 0.410 e. The van der Waals surface area contributed by atoms with Crippen LogP contribution in [0.4, 0.5) is 4.79 Å². The molecule has 1 aromatic carbocycles. The minimum absolute atomic E-state index is 0.178. The van der Waals surface area contributed by atoms with E-state index in [1.807, 2.05) is 51.1 Å². The van der Waals surface area contributed by atoms with Gasteiger partial charge in [0.15, 0.2) is 0 Å². The molecule has 120 valence electrons. The van der Waals surface area contributed by atoms with Gasteiger partial charge in [-0.2, -0.15) is 0 Å². The van der Waals surface area contributed by atoms with Crippen molar-refractivity contribution in [2.75, 3.05) is 6.54 Å². The molecule has 2 amide bonds. The van der Waals surface area contributed by atoms with E-state index in [1.165, 1.54) is 0 Å². The van der Waals surface area contributed by atoms with Gasteiger partial charge >= 0.3 is 6.09 Å². The molecule has 0 aliphatic carbocycles. The lowest BCUT2D eigenvalue weighted by atomic mass is 9.87. The van der Waals surface area contributed by atoms with Gasteiger partial charge in [0.1, 0.15) is 5.60 Å². The van der Waals surface area contributed by atoms with Crippen molar-refractivity contribution in [2.45, 2.75) is 45.3 Å². The maximum absolute atomic E-state index is 12.5. The second-order valence-corrected chi connectivity index (χ2v) is 6.72. The Bertz CT molecular complexity index is 537. The molecule has 5 nitrogen and oxygen atoms in total. The van der Waals surface area contributed by atoms with Crippen LogP contribution in [0, 0.1) is 5.92 Å². The fourth-order valence-electron chi connectivity index (χ4n) is 2.75. The van der Waals surface area contributed by atoms with Crippen molar-refractivity contribution in [1.29, 1.82) is 0 Å². The van der Waals surface area contributed by atoms with Gasteiger partial charge in [0.25, 0.3) is 0 Å². The first-order valence-corrected chi connectivity index (χ1v) is 7.62. The number of nitrogens with two attached hydrogens (primary N) is 1. The van der Waals surface area contributed by atoms with Gasteiger partial charge in [-0.05, 0) is 39.2 Å². The van der Waals surface area contributed by atoms with E-state index in [0.717, 1.165) is 5.56 Å². The molecule has 1 saturated heterocycles. The number of primary amides is 1. The van der Waals surface area contributed by atoms with Crippen molar-refractivity contribution >= 4 is 12.0 Å². The van der Waals surface area contributed by atoms with Gasteiger partial charge in [-0.15, -0.1) is 0 Å². The van der Waals surface area contributed by atoms with Crippen molar-refractivity contribution in [3.8, 4) is 0 Å². The normalized spacial score (nSPS) is 22.2. The molecule has 5 heteroatoms. The van der Waals surface area contributed by atoms with E-state index >= 15 is 0 Å². The Morgan fingerprint density at radius 1 is 1.23 bits per heavy atom. The lowest BCUT2D eigenvalue weighted by Gasteiger charge is -2.39. The summed E-state index contributed by atoms with van der Waals surface area (Å²) < 4.78 is 5.50. The SMILES string of the molecule is CC(C)(C)OC(=O)N1CCC(C(N)=O)CC1c1ccccc1. The van der Waals surface area contributed by atoms with Crippen LogP contribution in [0.25, 0.3) is 0 Å². The molecule has 0 aromatic heterocycles. The number of amides is 2. The van der Waals surface area contributed by atoms with Crippen LogP contribution < -0.4 is 5.73 Å². The number of benzene rings is 1. The number of likely N-dealkylation sites (tertiary alicyclic amines) is 1. The fraction of sp³-hybridized carbons (Fsp3) is 0.529. The molecule has 2 atom stereocenters. The Morgan fingerprint density at radius 3 is 2.41 bits per heavy atom. The van der Waals surface area contributed by atoms with Gasteiger partial charge in [0.2, 0.25) is 5.91 Å². The van der Waals surface area contributed by atoms with E-state index in [-0.39, 0.29) is 24.0 Å². The molecule has 1 fully saturated rings. The Labute approximate surface area is 131 Å². The average Bonchev–Trinajstić information content (AvgIpc) is 2.45. The molecule has 1 aliphatic heterocycles. The highest BCUT2D eigenvalue weighted by atomic mass is 16.6. The van der Waals surface area contributed by atoms with Crippen LogP contribution in [-0.4, -0.2) is 29.0 Å². The fourth-order valence-corrected chi connectivity index (χ4v) is 2.75.